The first kappa shape index (κ1) is 14.6. The maximum absolute atomic E-state index is 12.6. The van der Waals surface area contributed by atoms with E-state index in [1.807, 2.05) is 21.7 Å². The van der Waals surface area contributed by atoms with Crippen molar-refractivity contribution in [3.8, 4) is 0 Å². The Hall–Kier alpha value is -0.810. The number of hydrogen-bond donors (Lipinski definition) is 1. The van der Waals surface area contributed by atoms with Gasteiger partial charge in [-0.1, -0.05) is 13.8 Å². The number of amides is 1. The molecule has 1 aromatic heterocycles. The number of piperidine rings is 1. The van der Waals surface area contributed by atoms with Gasteiger partial charge in [-0.05, 0) is 40.8 Å². The highest BCUT2D eigenvalue weighted by Crippen LogP contribution is 2.21. The fourth-order valence-electron chi connectivity index (χ4n) is 2.81. The molecule has 1 aliphatic rings. The molecule has 0 saturated carbocycles. The molecule has 2 unspecified atom stereocenters. The Balaban J connectivity index is 2.18. The van der Waals surface area contributed by atoms with Crippen LogP contribution in [0, 0.1) is 5.92 Å². The van der Waals surface area contributed by atoms with E-state index in [4.69, 9.17) is 5.73 Å². The highest BCUT2D eigenvalue weighted by molar-refractivity contribution is 9.10. The number of nitrogens with two attached hydrogens (primary N) is 1. The van der Waals surface area contributed by atoms with Crippen molar-refractivity contribution in [1.29, 1.82) is 0 Å². The van der Waals surface area contributed by atoms with Gasteiger partial charge in [0.05, 0.1) is 0 Å². The summed E-state index contributed by atoms with van der Waals surface area (Å²) in [5, 5.41) is 0. The van der Waals surface area contributed by atoms with E-state index < -0.39 is 0 Å². The molecule has 2 N–H and O–H groups in total. The molecule has 106 valence electrons. The average molecular weight is 328 g/mol. The SMILES string of the molecule is CCCn1cc(Br)cc1C(=O)N1CC(C)CC(N)C1. The van der Waals surface area contributed by atoms with E-state index in [0.29, 0.717) is 12.5 Å². The molecule has 0 spiro atoms. The summed E-state index contributed by atoms with van der Waals surface area (Å²) < 4.78 is 2.98. The zero-order valence-corrected chi connectivity index (χ0v) is 13.2. The van der Waals surface area contributed by atoms with Gasteiger partial charge in [-0.2, -0.15) is 0 Å². The smallest absolute Gasteiger partial charge is 0.270 e. The number of likely N-dealkylation sites (tertiary alicyclic amines) is 1. The molecule has 19 heavy (non-hydrogen) atoms. The molecule has 0 aliphatic carbocycles. The Labute approximate surface area is 123 Å². The van der Waals surface area contributed by atoms with E-state index >= 15 is 0 Å². The zero-order chi connectivity index (χ0) is 14.0. The van der Waals surface area contributed by atoms with Gasteiger partial charge in [-0.3, -0.25) is 4.79 Å². The summed E-state index contributed by atoms with van der Waals surface area (Å²) in [6.45, 7) is 6.60. The number of carbonyl (C=O) groups is 1. The molecule has 1 saturated heterocycles. The molecule has 2 atom stereocenters. The second-order valence-corrected chi connectivity index (χ2v) is 6.46. The van der Waals surface area contributed by atoms with Crippen molar-refractivity contribution < 1.29 is 4.79 Å². The van der Waals surface area contributed by atoms with Crippen LogP contribution in [0.4, 0.5) is 0 Å². The van der Waals surface area contributed by atoms with Crippen LogP contribution in [0.25, 0.3) is 0 Å². The molecule has 1 fully saturated rings. The van der Waals surface area contributed by atoms with Crippen LogP contribution in [0.5, 0.6) is 0 Å². The van der Waals surface area contributed by atoms with Crippen molar-refractivity contribution in [3.05, 3.63) is 22.4 Å². The Morgan fingerprint density at radius 2 is 2.26 bits per heavy atom. The van der Waals surface area contributed by atoms with Crippen molar-refractivity contribution >= 4 is 21.8 Å². The number of aromatic nitrogens is 1. The first-order valence-electron chi connectivity index (χ1n) is 6.91. The molecule has 0 aromatic carbocycles. The van der Waals surface area contributed by atoms with Gasteiger partial charge in [0, 0.05) is 36.3 Å². The zero-order valence-electron chi connectivity index (χ0n) is 11.6. The topological polar surface area (TPSA) is 51.3 Å². The summed E-state index contributed by atoms with van der Waals surface area (Å²) in [5.41, 5.74) is 6.78. The lowest BCUT2D eigenvalue weighted by atomic mass is 9.96. The molecule has 1 aromatic rings. The molecule has 2 heterocycles. The van der Waals surface area contributed by atoms with Gasteiger partial charge >= 0.3 is 0 Å². The van der Waals surface area contributed by atoms with Crippen LogP contribution in [-0.4, -0.2) is 34.5 Å². The summed E-state index contributed by atoms with van der Waals surface area (Å²) in [6.07, 6.45) is 3.99. The highest BCUT2D eigenvalue weighted by Gasteiger charge is 2.28. The fourth-order valence-corrected chi connectivity index (χ4v) is 3.27. The van der Waals surface area contributed by atoms with Gasteiger partial charge in [0.1, 0.15) is 5.69 Å². The molecule has 0 bridgehead atoms. The molecular formula is C14H22BrN3O. The quantitative estimate of drug-likeness (QED) is 0.927. The molecular weight excluding hydrogens is 306 g/mol. The Morgan fingerprint density at radius 3 is 2.89 bits per heavy atom. The number of aryl methyl sites for hydroxylation is 1. The maximum Gasteiger partial charge on any atom is 0.270 e. The monoisotopic (exact) mass is 327 g/mol. The van der Waals surface area contributed by atoms with Gasteiger partial charge in [0.25, 0.3) is 5.91 Å². The second kappa shape index (κ2) is 6.09. The van der Waals surface area contributed by atoms with Crippen LogP contribution in [-0.2, 0) is 6.54 Å². The molecule has 1 amide bonds. The molecule has 0 radical (unpaired) electrons. The predicted octanol–water partition coefficient (Wildman–Crippen LogP) is 2.47. The van der Waals surface area contributed by atoms with Crippen LogP contribution >= 0.6 is 15.9 Å². The van der Waals surface area contributed by atoms with Crippen LogP contribution < -0.4 is 5.73 Å². The van der Waals surface area contributed by atoms with Crippen molar-refractivity contribution in [2.45, 2.75) is 39.3 Å². The van der Waals surface area contributed by atoms with Gasteiger partial charge in [-0.15, -0.1) is 0 Å². The van der Waals surface area contributed by atoms with E-state index in [1.54, 1.807) is 0 Å². The Bertz CT molecular complexity index is 448. The minimum atomic E-state index is 0.0983. The first-order valence-corrected chi connectivity index (χ1v) is 7.71. The number of nitrogens with zero attached hydrogens (tertiary/aromatic N) is 2. The van der Waals surface area contributed by atoms with Gasteiger partial charge in [0.2, 0.25) is 0 Å². The fraction of sp³-hybridized carbons (Fsp3) is 0.643. The minimum absolute atomic E-state index is 0.0983. The third-order valence-electron chi connectivity index (χ3n) is 3.53. The van der Waals surface area contributed by atoms with Crippen molar-refractivity contribution in [2.75, 3.05) is 13.1 Å². The summed E-state index contributed by atoms with van der Waals surface area (Å²) in [7, 11) is 0. The van der Waals surface area contributed by atoms with E-state index in [1.165, 1.54) is 0 Å². The molecule has 4 nitrogen and oxygen atoms in total. The van der Waals surface area contributed by atoms with Gasteiger partial charge < -0.3 is 15.2 Å². The molecule has 1 aliphatic heterocycles. The average Bonchev–Trinajstić information content (AvgIpc) is 2.68. The summed E-state index contributed by atoms with van der Waals surface area (Å²) in [5.74, 6) is 0.576. The Kier molecular flexibility index (Phi) is 4.68. The Morgan fingerprint density at radius 1 is 1.53 bits per heavy atom. The second-order valence-electron chi connectivity index (χ2n) is 5.55. The third-order valence-corrected chi connectivity index (χ3v) is 3.96. The third kappa shape index (κ3) is 3.39. The van der Waals surface area contributed by atoms with Crippen LogP contribution in [0.3, 0.4) is 0 Å². The van der Waals surface area contributed by atoms with E-state index in [9.17, 15) is 4.79 Å². The maximum atomic E-state index is 12.6. The van der Waals surface area contributed by atoms with E-state index in [-0.39, 0.29) is 11.9 Å². The minimum Gasteiger partial charge on any atom is -0.342 e. The van der Waals surface area contributed by atoms with Crippen molar-refractivity contribution in [2.24, 2.45) is 11.7 Å². The summed E-state index contributed by atoms with van der Waals surface area (Å²) in [4.78, 5) is 14.5. The van der Waals surface area contributed by atoms with E-state index in [0.717, 1.165) is 36.1 Å². The summed E-state index contributed by atoms with van der Waals surface area (Å²) in [6, 6.07) is 2.01. The first-order chi connectivity index (χ1) is 9.01. The van der Waals surface area contributed by atoms with Gasteiger partial charge in [-0.25, -0.2) is 0 Å². The number of rotatable bonds is 3. The van der Waals surface area contributed by atoms with Crippen LogP contribution in [0.15, 0.2) is 16.7 Å². The number of hydrogen-bond acceptors (Lipinski definition) is 2. The van der Waals surface area contributed by atoms with Gasteiger partial charge in [0.15, 0.2) is 0 Å². The lowest BCUT2D eigenvalue weighted by Crippen LogP contribution is -2.49. The molecule has 5 heteroatoms. The van der Waals surface area contributed by atoms with E-state index in [2.05, 4.69) is 29.8 Å². The van der Waals surface area contributed by atoms with Crippen molar-refractivity contribution in [3.63, 3.8) is 0 Å². The van der Waals surface area contributed by atoms with Crippen LogP contribution in [0.1, 0.15) is 37.2 Å². The lowest BCUT2D eigenvalue weighted by molar-refractivity contribution is 0.0650. The van der Waals surface area contributed by atoms with Crippen molar-refractivity contribution in [1.82, 2.24) is 9.47 Å². The highest BCUT2D eigenvalue weighted by atomic mass is 79.9. The number of halogens is 1. The molecule has 2 rings (SSSR count). The largest absolute Gasteiger partial charge is 0.342 e. The standard InChI is InChI=1S/C14H22BrN3O/c1-3-4-17-8-11(15)6-13(17)14(19)18-7-10(2)5-12(16)9-18/h6,8,10,12H,3-5,7,9,16H2,1-2H3. The lowest BCUT2D eigenvalue weighted by Gasteiger charge is -2.34. The van der Waals surface area contributed by atoms with Crippen LogP contribution in [0.2, 0.25) is 0 Å². The normalized spacial score (nSPS) is 23.7. The summed E-state index contributed by atoms with van der Waals surface area (Å²) >= 11 is 3.45. The predicted molar refractivity (Wildman–Crippen MR) is 80.1 cm³/mol. The number of carbonyl (C=O) groups excluding carboxylic acids is 1.